The van der Waals surface area contributed by atoms with Gasteiger partial charge < -0.3 is 34.3 Å². The average Bonchev–Trinajstić information content (AvgIpc) is 3.65. The van der Waals surface area contributed by atoms with E-state index in [1.807, 2.05) is 4.90 Å². The third-order valence-corrected chi connectivity index (χ3v) is 15.5. The number of aliphatic hydroxyl groups is 2. The molecule has 0 aromatic rings. The Balaban J connectivity index is 1.12. The molecule has 10 nitrogen and oxygen atoms in total. The SMILES string of the molecule is CC(=O)O[C@@H]([C]1C[C@@H](C)[C@H]2[C](O1)[C@H](O)[C@@]1(C)[C]3CC[C@H]4C(C)(C)[C@@H](O[C@H]5CN([C@@H](C)C(=O)O)CCO5)CC[C@@]45C[C@@]35CC[C@]21C)C(C)(C)O. The van der Waals surface area contributed by atoms with E-state index in [9.17, 15) is 24.9 Å². The molecule has 0 bridgehead atoms. The lowest BCUT2D eigenvalue weighted by molar-refractivity contribution is -0.245. The highest BCUT2D eigenvalue weighted by Crippen LogP contribution is 2.90. The van der Waals surface area contributed by atoms with Gasteiger partial charge in [0.25, 0.3) is 0 Å². The van der Waals surface area contributed by atoms with Crippen molar-refractivity contribution in [2.45, 2.75) is 150 Å². The molecule has 2 saturated heterocycles. The highest BCUT2D eigenvalue weighted by Gasteiger charge is 2.85. The number of hydrogen-bond donors (Lipinski definition) is 3. The smallest absolute Gasteiger partial charge is 0.320 e. The third kappa shape index (κ3) is 4.99. The lowest BCUT2D eigenvalue weighted by atomic mass is 9.41. The number of morpholine rings is 1. The summed E-state index contributed by atoms with van der Waals surface area (Å²) < 4.78 is 25.1. The first kappa shape index (κ1) is 36.1. The van der Waals surface area contributed by atoms with Crippen LogP contribution >= 0.6 is 0 Å². The van der Waals surface area contributed by atoms with E-state index in [2.05, 4.69) is 34.6 Å². The quantitative estimate of drug-likeness (QED) is 0.303. The van der Waals surface area contributed by atoms with Crippen LogP contribution in [0, 0.1) is 63.0 Å². The maximum Gasteiger partial charge on any atom is 0.320 e. The van der Waals surface area contributed by atoms with Gasteiger partial charge in [0.1, 0.15) is 18.2 Å². The van der Waals surface area contributed by atoms with Crippen LogP contribution in [0.3, 0.4) is 0 Å². The summed E-state index contributed by atoms with van der Waals surface area (Å²) >= 11 is 0. The van der Waals surface area contributed by atoms with Crippen molar-refractivity contribution in [3.8, 4) is 0 Å². The monoisotopic (exact) mass is 686 g/mol. The van der Waals surface area contributed by atoms with Crippen molar-refractivity contribution in [3.63, 3.8) is 0 Å². The molecule has 3 N–H and O–H groups in total. The molecule has 7 aliphatic rings. The summed E-state index contributed by atoms with van der Waals surface area (Å²) in [4.78, 5) is 25.7. The number of rotatable bonds is 7. The number of esters is 1. The minimum Gasteiger partial charge on any atom is -0.480 e. The maximum atomic E-state index is 12.5. The van der Waals surface area contributed by atoms with Gasteiger partial charge in [0.05, 0.1) is 31.0 Å². The molecule has 5 aliphatic carbocycles. The fourth-order valence-corrected chi connectivity index (χ4v) is 13.0. The van der Waals surface area contributed by atoms with Crippen LogP contribution in [0.2, 0.25) is 0 Å². The molecule has 49 heavy (non-hydrogen) atoms. The Labute approximate surface area is 292 Å². The molecule has 12 atom stereocenters. The molecular formula is C39H60NO9. The first-order valence-electron chi connectivity index (χ1n) is 18.8. The number of ether oxygens (including phenoxy) is 4. The van der Waals surface area contributed by atoms with Gasteiger partial charge in [0.2, 0.25) is 0 Å². The van der Waals surface area contributed by atoms with Crippen molar-refractivity contribution >= 4 is 11.9 Å². The number of carbonyl (C=O) groups is 2. The van der Waals surface area contributed by atoms with Gasteiger partial charge in [-0.15, -0.1) is 0 Å². The third-order valence-electron chi connectivity index (χ3n) is 15.5. The minimum absolute atomic E-state index is 0.0245. The van der Waals surface area contributed by atoms with Gasteiger partial charge >= 0.3 is 11.9 Å². The van der Waals surface area contributed by atoms with Crippen molar-refractivity contribution in [2.75, 3.05) is 19.7 Å². The Hall–Kier alpha value is -1.30. The van der Waals surface area contributed by atoms with E-state index >= 15 is 0 Å². The lowest BCUT2D eigenvalue weighted by Crippen LogP contribution is -2.59. The molecule has 2 heterocycles. The molecular weight excluding hydrogens is 626 g/mol. The topological polar surface area (TPSA) is 135 Å². The van der Waals surface area contributed by atoms with E-state index < -0.39 is 47.5 Å². The second kappa shape index (κ2) is 11.6. The van der Waals surface area contributed by atoms with Gasteiger partial charge in [0, 0.05) is 24.8 Å². The van der Waals surface area contributed by atoms with Crippen LogP contribution in [0.1, 0.15) is 114 Å². The first-order chi connectivity index (χ1) is 22.7. The van der Waals surface area contributed by atoms with Crippen LogP contribution in [0.25, 0.3) is 0 Å². The molecule has 0 aromatic carbocycles. The number of nitrogens with zero attached hydrogens (tertiary/aromatic N) is 1. The molecule has 10 heteroatoms. The molecule has 2 spiro atoms. The van der Waals surface area contributed by atoms with E-state index in [4.69, 9.17) is 18.9 Å². The van der Waals surface area contributed by atoms with E-state index in [0.29, 0.717) is 44.2 Å². The molecule has 3 radical (unpaired) electrons. The van der Waals surface area contributed by atoms with Gasteiger partial charge in [-0.05, 0) is 112 Å². The number of hydrogen-bond acceptors (Lipinski definition) is 9. The fourth-order valence-electron chi connectivity index (χ4n) is 13.0. The summed E-state index contributed by atoms with van der Waals surface area (Å²) in [5, 5.41) is 33.1. The van der Waals surface area contributed by atoms with Crippen LogP contribution < -0.4 is 0 Å². The zero-order chi connectivity index (χ0) is 35.7. The Morgan fingerprint density at radius 2 is 1.82 bits per heavy atom. The van der Waals surface area contributed by atoms with Crippen LogP contribution in [0.4, 0.5) is 0 Å². The molecule has 0 aromatic heterocycles. The van der Waals surface area contributed by atoms with Gasteiger partial charge in [-0.2, -0.15) is 0 Å². The number of fused-ring (bicyclic) bond motifs is 4. The molecule has 7 rings (SSSR count). The lowest BCUT2D eigenvalue weighted by Gasteiger charge is -2.63. The standard InChI is InChI=1S/C39H60NO9/c1-21-18-24(32(35(6,7)45)47-23(3)41)48-30-29(21)36(8)14-15-39-20-38(39)13-12-27(49-28-19-40(16-17-46-28)22(2)33(43)44)34(4,5)25(38)10-11-26(39)37(36,9)31(30)42/h21-22,25,27-29,31-32,42,45H,10-20H2,1-9H3,(H,43,44)/t21-,22+,25+,27+,28+,29+,31+,32+,36-,37-,38-,39+/m1/s1. The molecule has 0 amide bonds. The van der Waals surface area contributed by atoms with Crippen molar-refractivity contribution in [1.82, 2.24) is 4.90 Å². The molecule has 0 unspecified atom stereocenters. The highest BCUT2D eigenvalue weighted by atomic mass is 16.7. The Morgan fingerprint density at radius 1 is 1.10 bits per heavy atom. The van der Waals surface area contributed by atoms with Crippen molar-refractivity contribution < 1.29 is 43.9 Å². The van der Waals surface area contributed by atoms with E-state index in [-0.39, 0.29) is 39.6 Å². The average molecular weight is 687 g/mol. The maximum absolute atomic E-state index is 12.5. The van der Waals surface area contributed by atoms with Gasteiger partial charge in [-0.25, -0.2) is 0 Å². The summed E-state index contributed by atoms with van der Waals surface area (Å²) in [6, 6.07) is -0.572. The summed E-state index contributed by atoms with van der Waals surface area (Å²) in [7, 11) is 0. The molecule has 5 saturated carbocycles. The zero-order valence-corrected chi connectivity index (χ0v) is 31.1. The normalized spacial score (nSPS) is 46.8. The number of carboxylic acids is 1. The van der Waals surface area contributed by atoms with Gasteiger partial charge in [-0.1, -0.05) is 34.6 Å². The molecule has 7 fully saturated rings. The second-order valence-corrected chi connectivity index (χ2v) is 18.6. The Morgan fingerprint density at radius 3 is 2.47 bits per heavy atom. The summed E-state index contributed by atoms with van der Waals surface area (Å²) in [6.07, 6.45) is 7.03. The first-order valence-corrected chi connectivity index (χ1v) is 18.8. The molecule has 275 valence electrons. The van der Waals surface area contributed by atoms with E-state index in [1.54, 1.807) is 26.7 Å². The number of aliphatic carboxylic acids is 1. The van der Waals surface area contributed by atoms with Gasteiger partial charge in [0.15, 0.2) is 12.4 Å². The van der Waals surface area contributed by atoms with Crippen LogP contribution in [0.5, 0.6) is 0 Å². The highest BCUT2D eigenvalue weighted by molar-refractivity contribution is 5.72. The summed E-state index contributed by atoms with van der Waals surface area (Å²) in [6.45, 7) is 19.5. The fraction of sp³-hybridized carbons (Fsp3) is 0.872. The number of carboxylic acid groups (broad SMARTS) is 1. The van der Waals surface area contributed by atoms with Crippen LogP contribution in [-0.4, -0.2) is 88.1 Å². The van der Waals surface area contributed by atoms with Crippen LogP contribution in [-0.2, 0) is 28.5 Å². The van der Waals surface area contributed by atoms with E-state index in [0.717, 1.165) is 38.5 Å². The predicted molar refractivity (Wildman–Crippen MR) is 180 cm³/mol. The zero-order valence-electron chi connectivity index (χ0n) is 31.1. The van der Waals surface area contributed by atoms with Crippen molar-refractivity contribution in [3.05, 3.63) is 18.1 Å². The largest absolute Gasteiger partial charge is 0.480 e. The number of carbonyl (C=O) groups excluding carboxylic acids is 1. The molecule has 2 aliphatic heterocycles. The van der Waals surface area contributed by atoms with Crippen LogP contribution in [0.15, 0.2) is 0 Å². The van der Waals surface area contributed by atoms with Crippen molar-refractivity contribution in [1.29, 1.82) is 0 Å². The summed E-state index contributed by atoms with van der Waals surface area (Å²) in [5.74, 6) is 0.944. The Bertz CT molecular complexity index is 1330. The second-order valence-electron chi connectivity index (χ2n) is 18.6. The number of aliphatic hydroxyl groups excluding tert-OH is 1. The summed E-state index contributed by atoms with van der Waals surface area (Å²) in [5.41, 5.74) is -1.76. The van der Waals surface area contributed by atoms with E-state index in [1.165, 1.54) is 13.3 Å². The minimum atomic E-state index is -1.33. The van der Waals surface area contributed by atoms with Gasteiger partial charge in [-0.3, -0.25) is 14.5 Å². The van der Waals surface area contributed by atoms with Crippen molar-refractivity contribution in [2.24, 2.45) is 44.8 Å². The Kier molecular flexibility index (Phi) is 8.54. The predicted octanol–water partition coefficient (Wildman–Crippen LogP) is 5.30.